The average Bonchev–Trinajstić information content (AvgIpc) is 2.45. The van der Waals surface area contributed by atoms with Crippen molar-refractivity contribution >= 4 is 11.4 Å². The van der Waals surface area contributed by atoms with Crippen molar-refractivity contribution in [1.29, 1.82) is 0 Å². The molecule has 2 unspecified atom stereocenters. The third-order valence-corrected chi connectivity index (χ3v) is 4.23. The van der Waals surface area contributed by atoms with Crippen molar-refractivity contribution in [3.8, 4) is 0 Å². The first-order valence-electron chi connectivity index (χ1n) is 7.23. The van der Waals surface area contributed by atoms with Crippen LogP contribution in [0.2, 0.25) is 0 Å². The molecule has 2 atom stereocenters. The molecule has 1 fully saturated rings. The van der Waals surface area contributed by atoms with Crippen LogP contribution < -0.4 is 11.1 Å². The van der Waals surface area contributed by atoms with E-state index in [4.69, 9.17) is 5.73 Å². The minimum Gasteiger partial charge on any atom is -0.398 e. The van der Waals surface area contributed by atoms with Crippen molar-refractivity contribution in [3.05, 3.63) is 23.8 Å². The number of aliphatic hydroxyl groups excluding tert-OH is 1. The van der Waals surface area contributed by atoms with E-state index < -0.39 is 11.7 Å². The summed E-state index contributed by atoms with van der Waals surface area (Å²) in [4.78, 5) is 0. The Bertz CT molecular complexity index is 476. The highest BCUT2D eigenvalue weighted by atomic mass is 19.4. The number of nitrogens with one attached hydrogen (secondary N) is 1. The highest BCUT2D eigenvalue weighted by Crippen LogP contribution is 2.35. The fourth-order valence-electron chi connectivity index (χ4n) is 2.95. The number of nitrogens with two attached hydrogens (primary N) is 1. The van der Waals surface area contributed by atoms with E-state index in [0.717, 1.165) is 31.7 Å². The smallest absolute Gasteiger partial charge is 0.398 e. The second-order valence-electron chi connectivity index (χ2n) is 5.67. The number of rotatable bonds is 4. The zero-order valence-electron chi connectivity index (χ0n) is 11.8. The van der Waals surface area contributed by atoms with E-state index in [0.29, 0.717) is 18.2 Å². The van der Waals surface area contributed by atoms with Gasteiger partial charge >= 0.3 is 6.18 Å². The highest BCUT2D eigenvalue weighted by molar-refractivity contribution is 5.58. The zero-order chi connectivity index (χ0) is 15.5. The standard InChI is InChI=1S/C15H21F3N2O/c16-15(17,18)13-7-12(5-6-14(13)19)20-8-10-3-1-2-4-11(10)9-21/h5-7,10-11,20-21H,1-4,8-9,19H2. The minimum atomic E-state index is -4.44. The quantitative estimate of drug-likeness (QED) is 0.746. The topological polar surface area (TPSA) is 58.3 Å². The van der Waals surface area contributed by atoms with Gasteiger partial charge in [0.25, 0.3) is 0 Å². The molecular weight excluding hydrogens is 281 g/mol. The maximum absolute atomic E-state index is 12.8. The summed E-state index contributed by atoms with van der Waals surface area (Å²) in [6.07, 6.45) is -0.238. The molecule has 0 aromatic heterocycles. The molecule has 1 aliphatic carbocycles. The molecule has 0 saturated heterocycles. The number of nitrogen functional groups attached to an aromatic ring is 1. The normalized spacial score (nSPS) is 23.0. The highest BCUT2D eigenvalue weighted by Gasteiger charge is 2.33. The molecule has 0 heterocycles. The van der Waals surface area contributed by atoms with Gasteiger partial charge in [-0.1, -0.05) is 12.8 Å². The van der Waals surface area contributed by atoms with Crippen LogP contribution in [0.25, 0.3) is 0 Å². The summed E-state index contributed by atoms with van der Waals surface area (Å²) in [5.41, 5.74) is 4.72. The van der Waals surface area contributed by atoms with Crippen LogP contribution in [-0.2, 0) is 6.18 Å². The summed E-state index contributed by atoms with van der Waals surface area (Å²) in [7, 11) is 0. The molecule has 1 aliphatic rings. The molecule has 0 radical (unpaired) electrons. The fourth-order valence-corrected chi connectivity index (χ4v) is 2.95. The fraction of sp³-hybridized carbons (Fsp3) is 0.600. The Morgan fingerprint density at radius 3 is 2.48 bits per heavy atom. The molecule has 2 rings (SSSR count). The van der Waals surface area contributed by atoms with Gasteiger partial charge < -0.3 is 16.2 Å². The van der Waals surface area contributed by atoms with Crippen molar-refractivity contribution in [2.45, 2.75) is 31.9 Å². The van der Waals surface area contributed by atoms with Crippen molar-refractivity contribution in [2.75, 3.05) is 24.2 Å². The Kier molecular flexibility index (Phi) is 4.98. The van der Waals surface area contributed by atoms with Crippen molar-refractivity contribution < 1.29 is 18.3 Å². The van der Waals surface area contributed by atoms with Crippen LogP contribution in [0.3, 0.4) is 0 Å². The van der Waals surface area contributed by atoms with Gasteiger partial charge in [-0.25, -0.2) is 0 Å². The summed E-state index contributed by atoms with van der Waals surface area (Å²) in [5.74, 6) is 0.540. The minimum absolute atomic E-state index is 0.141. The van der Waals surface area contributed by atoms with E-state index in [1.165, 1.54) is 6.07 Å². The van der Waals surface area contributed by atoms with E-state index in [1.54, 1.807) is 6.07 Å². The maximum atomic E-state index is 12.8. The van der Waals surface area contributed by atoms with Gasteiger partial charge in [0.1, 0.15) is 0 Å². The van der Waals surface area contributed by atoms with Crippen LogP contribution in [0.15, 0.2) is 18.2 Å². The van der Waals surface area contributed by atoms with Gasteiger partial charge in [-0.05, 0) is 42.9 Å². The molecule has 0 amide bonds. The summed E-state index contributed by atoms with van der Waals surface area (Å²) < 4.78 is 38.4. The van der Waals surface area contributed by atoms with Gasteiger partial charge in [0, 0.05) is 24.5 Å². The van der Waals surface area contributed by atoms with Crippen LogP contribution in [0.5, 0.6) is 0 Å². The molecule has 4 N–H and O–H groups in total. The number of anilines is 2. The number of halogens is 3. The van der Waals surface area contributed by atoms with Gasteiger partial charge in [0.05, 0.1) is 5.56 Å². The Morgan fingerprint density at radius 2 is 1.86 bits per heavy atom. The lowest BCUT2D eigenvalue weighted by atomic mass is 9.79. The summed E-state index contributed by atoms with van der Waals surface area (Å²) in [6, 6.07) is 3.88. The Labute approximate surface area is 122 Å². The number of benzene rings is 1. The number of alkyl halides is 3. The van der Waals surface area contributed by atoms with Gasteiger partial charge in [0.15, 0.2) is 0 Å². The first-order chi connectivity index (χ1) is 9.91. The second kappa shape index (κ2) is 6.56. The number of hydrogen-bond donors (Lipinski definition) is 3. The molecule has 0 aliphatic heterocycles. The lowest BCUT2D eigenvalue weighted by Gasteiger charge is -2.30. The van der Waals surface area contributed by atoms with Gasteiger partial charge in [0.2, 0.25) is 0 Å². The molecule has 6 heteroatoms. The Morgan fingerprint density at radius 1 is 1.19 bits per heavy atom. The lowest BCUT2D eigenvalue weighted by Crippen LogP contribution is -2.28. The molecule has 118 valence electrons. The van der Waals surface area contributed by atoms with Gasteiger partial charge in [-0.2, -0.15) is 13.2 Å². The Balaban J connectivity index is 2.03. The van der Waals surface area contributed by atoms with E-state index >= 15 is 0 Å². The number of aliphatic hydroxyl groups is 1. The van der Waals surface area contributed by atoms with E-state index in [-0.39, 0.29) is 18.2 Å². The van der Waals surface area contributed by atoms with Crippen LogP contribution in [0, 0.1) is 11.8 Å². The van der Waals surface area contributed by atoms with Crippen molar-refractivity contribution in [1.82, 2.24) is 0 Å². The monoisotopic (exact) mass is 302 g/mol. The third-order valence-electron chi connectivity index (χ3n) is 4.23. The summed E-state index contributed by atoms with van der Waals surface area (Å²) >= 11 is 0. The molecular formula is C15H21F3N2O. The molecule has 0 bridgehead atoms. The molecule has 0 spiro atoms. The zero-order valence-corrected chi connectivity index (χ0v) is 11.8. The first-order valence-corrected chi connectivity index (χ1v) is 7.23. The molecule has 1 aromatic carbocycles. The van der Waals surface area contributed by atoms with E-state index in [2.05, 4.69) is 5.32 Å². The predicted octanol–water partition coefficient (Wildman–Crippen LogP) is 3.50. The first kappa shape index (κ1) is 15.9. The molecule has 21 heavy (non-hydrogen) atoms. The Hall–Kier alpha value is -1.43. The predicted molar refractivity (Wildman–Crippen MR) is 76.9 cm³/mol. The van der Waals surface area contributed by atoms with Crippen molar-refractivity contribution in [2.24, 2.45) is 11.8 Å². The summed E-state index contributed by atoms with van der Waals surface area (Å²) in [5, 5.41) is 12.4. The van der Waals surface area contributed by atoms with Gasteiger partial charge in [-0.3, -0.25) is 0 Å². The van der Waals surface area contributed by atoms with E-state index in [1.807, 2.05) is 0 Å². The summed E-state index contributed by atoms with van der Waals surface area (Å²) in [6.45, 7) is 0.717. The SMILES string of the molecule is Nc1ccc(NCC2CCCCC2CO)cc1C(F)(F)F. The van der Waals surface area contributed by atoms with Crippen LogP contribution in [-0.4, -0.2) is 18.3 Å². The van der Waals surface area contributed by atoms with Crippen LogP contribution >= 0.6 is 0 Å². The van der Waals surface area contributed by atoms with Crippen molar-refractivity contribution in [3.63, 3.8) is 0 Å². The van der Waals surface area contributed by atoms with Crippen LogP contribution in [0.1, 0.15) is 31.2 Å². The average molecular weight is 302 g/mol. The molecule has 1 saturated carbocycles. The van der Waals surface area contributed by atoms with Gasteiger partial charge in [-0.15, -0.1) is 0 Å². The number of hydrogen-bond acceptors (Lipinski definition) is 3. The second-order valence-corrected chi connectivity index (χ2v) is 5.67. The maximum Gasteiger partial charge on any atom is 0.418 e. The third kappa shape index (κ3) is 4.03. The lowest BCUT2D eigenvalue weighted by molar-refractivity contribution is -0.136. The van der Waals surface area contributed by atoms with E-state index in [9.17, 15) is 18.3 Å². The molecule has 1 aromatic rings. The van der Waals surface area contributed by atoms with Crippen LogP contribution in [0.4, 0.5) is 24.5 Å². The largest absolute Gasteiger partial charge is 0.418 e. The molecule has 3 nitrogen and oxygen atoms in total.